The topological polar surface area (TPSA) is 57.2 Å². The normalized spacial score (nSPS) is 35.1. The highest BCUT2D eigenvalue weighted by molar-refractivity contribution is 5.13. The minimum atomic E-state index is -0.666. The van der Waals surface area contributed by atoms with E-state index in [0.717, 1.165) is 5.56 Å². The molecule has 1 N–H and O–H groups in total. The first-order valence-electron chi connectivity index (χ1n) is 6.86. The molecule has 2 heterocycles. The smallest absolute Gasteiger partial charge is 0.187 e. The highest BCUT2D eigenvalue weighted by Crippen LogP contribution is 2.39. The lowest BCUT2D eigenvalue weighted by Gasteiger charge is -2.23. The Kier molecular flexibility index (Phi) is 3.79. The molecular weight excluding hydrogens is 260 g/mol. The van der Waals surface area contributed by atoms with Gasteiger partial charge in [-0.15, -0.1) is 0 Å². The second kappa shape index (κ2) is 5.42. The lowest BCUT2D eigenvalue weighted by atomic mass is 10.1. The number of fused-ring (bicyclic) bond motifs is 1. The maximum absolute atomic E-state index is 9.37. The Bertz CT molecular complexity index is 447. The van der Waals surface area contributed by atoms with Crippen LogP contribution in [0.4, 0.5) is 0 Å². The lowest BCUT2D eigenvalue weighted by Crippen LogP contribution is -2.32. The van der Waals surface area contributed by atoms with Gasteiger partial charge in [0.1, 0.15) is 18.3 Å². The second-order valence-electron chi connectivity index (χ2n) is 5.59. The van der Waals surface area contributed by atoms with Gasteiger partial charge in [-0.25, -0.2) is 0 Å². The van der Waals surface area contributed by atoms with E-state index in [0.29, 0.717) is 6.61 Å². The van der Waals surface area contributed by atoms with Crippen molar-refractivity contribution in [2.45, 2.75) is 50.8 Å². The Morgan fingerprint density at radius 2 is 1.85 bits per heavy atom. The van der Waals surface area contributed by atoms with Crippen LogP contribution in [0.2, 0.25) is 0 Å². The molecule has 2 fully saturated rings. The van der Waals surface area contributed by atoms with Crippen LogP contribution in [0.5, 0.6) is 0 Å². The monoisotopic (exact) mass is 280 g/mol. The summed E-state index contributed by atoms with van der Waals surface area (Å²) in [5.74, 6) is -0.666. The fourth-order valence-corrected chi connectivity index (χ4v) is 2.68. The average molecular weight is 280 g/mol. The summed E-state index contributed by atoms with van der Waals surface area (Å²) in [4.78, 5) is 0. The predicted octanol–water partition coefficient (Wildman–Crippen LogP) is 1.44. The third-order valence-corrected chi connectivity index (χ3v) is 3.54. The number of aliphatic hydroxyl groups excluding tert-OH is 1. The van der Waals surface area contributed by atoms with Crippen LogP contribution in [0.25, 0.3) is 0 Å². The second-order valence-corrected chi connectivity index (χ2v) is 5.59. The fraction of sp³-hybridized carbons (Fsp3) is 0.600. The van der Waals surface area contributed by atoms with Gasteiger partial charge in [-0.2, -0.15) is 0 Å². The molecule has 0 radical (unpaired) electrons. The predicted molar refractivity (Wildman–Crippen MR) is 70.8 cm³/mol. The number of aliphatic hydroxyl groups is 1. The van der Waals surface area contributed by atoms with Gasteiger partial charge >= 0.3 is 0 Å². The van der Waals surface area contributed by atoms with Crippen molar-refractivity contribution in [3.63, 3.8) is 0 Å². The first-order valence-corrected chi connectivity index (χ1v) is 6.86. The number of hydrogen-bond acceptors (Lipinski definition) is 5. The van der Waals surface area contributed by atoms with Crippen LogP contribution in [-0.4, -0.2) is 42.1 Å². The van der Waals surface area contributed by atoms with Gasteiger partial charge in [-0.1, -0.05) is 30.3 Å². The Hall–Kier alpha value is -0.980. The minimum absolute atomic E-state index is 0.105. The van der Waals surface area contributed by atoms with Crippen LogP contribution in [0.3, 0.4) is 0 Å². The molecule has 2 aliphatic heterocycles. The van der Waals surface area contributed by atoms with Crippen molar-refractivity contribution in [2.75, 3.05) is 6.61 Å². The van der Waals surface area contributed by atoms with Crippen molar-refractivity contribution < 1.29 is 24.1 Å². The van der Waals surface area contributed by atoms with Crippen LogP contribution < -0.4 is 0 Å². The summed E-state index contributed by atoms with van der Waals surface area (Å²) in [6.45, 7) is 4.05. The molecule has 1 aromatic rings. The van der Waals surface area contributed by atoms with Crippen molar-refractivity contribution in [1.29, 1.82) is 0 Å². The van der Waals surface area contributed by atoms with Crippen LogP contribution in [0, 0.1) is 0 Å². The molecular formula is C15H20O5. The molecule has 0 amide bonds. The number of benzene rings is 1. The Balaban J connectivity index is 1.65. The molecule has 3 rings (SSSR count). The first-order chi connectivity index (χ1) is 9.59. The van der Waals surface area contributed by atoms with Gasteiger partial charge in [0.05, 0.1) is 13.2 Å². The SMILES string of the molecule is CC1(C)OC2C(CO)OC(OCc3ccccc3)C2O1. The van der Waals surface area contributed by atoms with Crippen LogP contribution in [0.15, 0.2) is 30.3 Å². The van der Waals surface area contributed by atoms with Gasteiger partial charge in [0.2, 0.25) is 0 Å². The minimum Gasteiger partial charge on any atom is -0.394 e. The van der Waals surface area contributed by atoms with E-state index >= 15 is 0 Å². The maximum Gasteiger partial charge on any atom is 0.187 e. The van der Waals surface area contributed by atoms with E-state index in [2.05, 4.69) is 0 Å². The molecule has 2 aliphatic rings. The Morgan fingerprint density at radius 3 is 2.55 bits per heavy atom. The standard InChI is InChI=1S/C15H20O5/c1-15(2)19-12-11(8-16)18-14(13(12)20-15)17-9-10-6-4-3-5-7-10/h3-7,11-14,16H,8-9H2,1-2H3. The molecule has 5 heteroatoms. The highest BCUT2D eigenvalue weighted by atomic mass is 16.8. The summed E-state index contributed by atoms with van der Waals surface area (Å²) >= 11 is 0. The third kappa shape index (κ3) is 2.73. The summed E-state index contributed by atoms with van der Waals surface area (Å²) in [6.07, 6.45) is -1.50. The van der Waals surface area contributed by atoms with E-state index in [1.165, 1.54) is 0 Å². The summed E-state index contributed by atoms with van der Waals surface area (Å²) in [5, 5.41) is 9.37. The largest absolute Gasteiger partial charge is 0.394 e. The van der Waals surface area contributed by atoms with Gasteiger partial charge in [0, 0.05) is 0 Å². The molecule has 4 atom stereocenters. The van der Waals surface area contributed by atoms with Gasteiger partial charge in [0.15, 0.2) is 12.1 Å². The van der Waals surface area contributed by atoms with Crippen molar-refractivity contribution in [1.82, 2.24) is 0 Å². The Labute approximate surface area is 118 Å². The number of hydrogen-bond donors (Lipinski definition) is 1. The molecule has 0 bridgehead atoms. The highest BCUT2D eigenvalue weighted by Gasteiger charge is 2.55. The Morgan fingerprint density at radius 1 is 1.15 bits per heavy atom. The number of rotatable bonds is 4. The zero-order chi connectivity index (χ0) is 14.2. The fourth-order valence-electron chi connectivity index (χ4n) is 2.68. The van der Waals surface area contributed by atoms with Gasteiger partial charge in [-0.05, 0) is 19.4 Å². The maximum atomic E-state index is 9.37. The van der Waals surface area contributed by atoms with E-state index in [1.807, 2.05) is 44.2 Å². The third-order valence-electron chi connectivity index (χ3n) is 3.54. The molecule has 4 unspecified atom stereocenters. The molecule has 2 saturated heterocycles. The molecule has 20 heavy (non-hydrogen) atoms. The summed E-state index contributed by atoms with van der Waals surface area (Å²) < 4.78 is 23.1. The first kappa shape index (κ1) is 14.0. The van der Waals surface area contributed by atoms with Crippen molar-refractivity contribution in [3.8, 4) is 0 Å². The summed E-state index contributed by atoms with van der Waals surface area (Å²) in [7, 11) is 0. The quantitative estimate of drug-likeness (QED) is 0.904. The van der Waals surface area contributed by atoms with Gasteiger partial charge in [-0.3, -0.25) is 0 Å². The average Bonchev–Trinajstić information content (AvgIpc) is 2.91. The molecule has 0 spiro atoms. The zero-order valence-corrected chi connectivity index (χ0v) is 11.7. The number of ether oxygens (including phenoxy) is 4. The van der Waals surface area contributed by atoms with Gasteiger partial charge in [0.25, 0.3) is 0 Å². The summed E-state index contributed by atoms with van der Waals surface area (Å²) in [6, 6.07) is 9.87. The van der Waals surface area contributed by atoms with Crippen molar-refractivity contribution in [2.24, 2.45) is 0 Å². The lowest BCUT2D eigenvalue weighted by molar-refractivity contribution is -0.239. The van der Waals surface area contributed by atoms with E-state index in [1.54, 1.807) is 0 Å². The van der Waals surface area contributed by atoms with E-state index in [9.17, 15) is 5.11 Å². The molecule has 0 aromatic heterocycles. The summed E-state index contributed by atoms with van der Waals surface area (Å²) in [5.41, 5.74) is 1.07. The van der Waals surface area contributed by atoms with E-state index < -0.39 is 18.2 Å². The van der Waals surface area contributed by atoms with Gasteiger partial charge < -0.3 is 24.1 Å². The molecule has 5 nitrogen and oxygen atoms in total. The van der Waals surface area contributed by atoms with E-state index in [-0.39, 0.29) is 18.8 Å². The van der Waals surface area contributed by atoms with Crippen LogP contribution >= 0.6 is 0 Å². The molecule has 110 valence electrons. The van der Waals surface area contributed by atoms with Crippen molar-refractivity contribution in [3.05, 3.63) is 35.9 Å². The zero-order valence-electron chi connectivity index (χ0n) is 11.7. The van der Waals surface area contributed by atoms with Crippen LogP contribution in [-0.2, 0) is 25.6 Å². The molecule has 0 aliphatic carbocycles. The van der Waals surface area contributed by atoms with E-state index in [4.69, 9.17) is 18.9 Å². The molecule has 1 aromatic carbocycles. The molecule has 0 saturated carbocycles. The van der Waals surface area contributed by atoms with Crippen LogP contribution in [0.1, 0.15) is 19.4 Å². The van der Waals surface area contributed by atoms with Crippen molar-refractivity contribution >= 4 is 0 Å².